The molecule has 2 aliphatic heterocycles. The van der Waals surface area contributed by atoms with Gasteiger partial charge in [-0.1, -0.05) is 20.8 Å². The highest BCUT2D eigenvalue weighted by atomic mass is 32.3. The number of hydrogen-bond acceptors (Lipinski definition) is 8. The van der Waals surface area contributed by atoms with Gasteiger partial charge in [-0.2, -0.15) is 23.8 Å². The maximum Gasteiger partial charge on any atom is 0.417 e. The van der Waals surface area contributed by atoms with Gasteiger partial charge in [-0.3, -0.25) is 18.7 Å². The Balaban J connectivity index is 1.78. The van der Waals surface area contributed by atoms with Crippen LogP contribution in [0.3, 0.4) is 0 Å². The van der Waals surface area contributed by atoms with Gasteiger partial charge in [-0.25, -0.2) is 9.97 Å². The van der Waals surface area contributed by atoms with Crippen LogP contribution in [0.4, 0.5) is 19.0 Å². The average molecular weight is 604 g/mol. The van der Waals surface area contributed by atoms with Crippen LogP contribution in [-0.4, -0.2) is 84.4 Å². The van der Waals surface area contributed by atoms with Crippen LogP contribution < -0.4 is 5.32 Å². The minimum atomic E-state index is -4.76. The van der Waals surface area contributed by atoms with Crippen molar-refractivity contribution in [3.8, 4) is 10.4 Å². The molecule has 2 aliphatic rings. The number of pyridine rings is 1. The lowest BCUT2D eigenvalue weighted by molar-refractivity contribution is -0.137. The Hall–Kier alpha value is -2.42. The topological polar surface area (TPSA) is 119 Å². The van der Waals surface area contributed by atoms with Crippen molar-refractivity contribution in [3.05, 3.63) is 28.5 Å². The molecule has 2 saturated heterocycles. The summed E-state index contributed by atoms with van der Waals surface area (Å²) in [6, 6.07) is 0.807. The van der Waals surface area contributed by atoms with Crippen LogP contribution >= 0.6 is 21.9 Å². The van der Waals surface area contributed by atoms with Crippen LogP contribution in [0.2, 0.25) is 0 Å². The highest BCUT2D eigenvalue weighted by molar-refractivity contribution is 8.24. The molecule has 40 heavy (non-hydrogen) atoms. The zero-order valence-electron chi connectivity index (χ0n) is 23.0. The first-order chi connectivity index (χ1) is 18.6. The fourth-order valence-electron chi connectivity index (χ4n) is 4.66. The second-order valence-electron chi connectivity index (χ2n) is 11.6. The summed E-state index contributed by atoms with van der Waals surface area (Å²) in [5.74, 6) is -1.000. The number of hydrogen-bond donors (Lipinski definition) is 3. The smallest absolute Gasteiger partial charge is 0.370 e. The molecule has 2 aromatic rings. The van der Waals surface area contributed by atoms with E-state index < -0.39 is 34.1 Å². The van der Waals surface area contributed by atoms with Gasteiger partial charge in [0.15, 0.2) is 5.01 Å². The predicted molar refractivity (Wildman–Crippen MR) is 151 cm³/mol. The van der Waals surface area contributed by atoms with E-state index in [1.807, 2.05) is 27.7 Å². The Kier molecular flexibility index (Phi) is 8.75. The van der Waals surface area contributed by atoms with E-state index in [0.717, 1.165) is 42.9 Å². The van der Waals surface area contributed by atoms with Gasteiger partial charge in [0.1, 0.15) is 11.5 Å². The third-order valence-electron chi connectivity index (χ3n) is 6.99. The zero-order chi connectivity index (χ0) is 29.5. The van der Waals surface area contributed by atoms with Crippen molar-refractivity contribution in [3.63, 3.8) is 0 Å². The highest BCUT2D eigenvalue weighted by Crippen LogP contribution is 2.43. The molecule has 3 N–H and O–H groups in total. The molecular weight excluding hydrogens is 567 g/mol. The predicted octanol–water partition coefficient (Wildman–Crippen LogP) is 5.90. The number of carbonyl (C=O) groups is 2. The van der Waals surface area contributed by atoms with Crippen LogP contribution in [0, 0.1) is 5.41 Å². The lowest BCUT2D eigenvalue weighted by Gasteiger charge is -2.40. The Bertz CT molecular complexity index is 1250. The van der Waals surface area contributed by atoms with Crippen LogP contribution in [0.25, 0.3) is 10.4 Å². The van der Waals surface area contributed by atoms with Crippen molar-refractivity contribution in [2.24, 2.45) is 5.41 Å². The molecule has 0 aromatic carbocycles. The van der Waals surface area contributed by atoms with Gasteiger partial charge in [0.05, 0.1) is 21.9 Å². The summed E-state index contributed by atoms with van der Waals surface area (Å²) in [6.45, 7) is 8.71. The van der Waals surface area contributed by atoms with E-state index in [1.165, 1.54) is 4.90 Å². The van der Waals surface area contributed by atoms with Crippen molar-refractivity contribution in [2.75, 3.05) is 43.0 Å². The van der Waals surface area contributed by atoms with Crippen LogP contribution in [-0.2, 0) is 6.18 Å². The van der Waals surface area contributed by atoms with E-state index in [1.54, 1.807) is 4.90 Å². The average Bonchev–Trinajstić information content (AvgIpc) is 3.31. The van der Waals surface area contributed by atoms with Crippen LogP contribution in [0.5, 0.6) is 0 Å². The molecule has 0 spiro atoms. The van der Waals surface area contributed by atoms with Gasteiger partial charge in [0.25, 0.3) is 11.8 Å². The number of piperidine rings is 1. The maximum atomic E-state index is 14.4. The molecule has 14 heteroatoms. The number of anilines is 1. The van der Waals surface area contributed by atoms with E-state index in [4.69, 9.17) is 0 Å². The molecule has 222 valence electrons. The van der Waals surface area contributed by atoms with E-state index in [9.17, 15) is 31.9 Å². The molecule has 0 radical (unpaired) electrons. The summed E-state index contributed by atoms with van der Waals surface area (Å²) >= 11 is 0.733. The van der Waals surface area contributed by atoms with Crippen LogP contribution in [0.15, 0.2) is 12.3 Å². The number of rotatable bonds is 5. The number of nitrogens with zero attached hydrogens (tertiary/aromatic N) is 4. The molecule has 2 aromatic heterocycles. The molecular formula is C26H36F3N5O4S2. The van der Waals surface area contributed by atoms with Crippen molar-refractivity contribution < 1.29 is 31.9 Å². The first kappa shape index (κ1) is 30.5. The largest absolute Gasteiger partial charge is 0.417 e. The van der Waals surface area contributed by atoms with Crippen molar-refractivity contribution >= 4 is 39.6 Å². The number of thiazole rings is 1. The van der Waals surface area contributed by atoms with E-state index in [-0.39, 0.29) is 63.0 Å². The Labute approximate surface area is 237 Å². The number of aromatic nitrogens is 2. The summed E-state index contributed by atoms with van der Waals surface area (Å²) in [5.41, 5.74) is -1.69. The minimum Gasteiger partial charge on any atom is -0.370 e. The van der Waals surface area contributed by atoms with Gasteiger partial charge in [0.2, 0.25) is 0 Å². The number of likely N-dealkylation sites (tertiary alicyclic amines) is 1. The number of nitrogens with one attached hydrogen (secondary N) is 1. The summed E-state index contributed by atoms with van der Waals surface area (Å²) < 4.78 is 63.0. The molecule has 4 heterocycles. The molecule has 0 saturated carbocycles. The monoisotopic (exact) mass is 603 g/mol. The summed E-state index contributed by atoms with van der Waals surface area (Å²) in [5, 5.41) is 2.82. The summed E-state index contributed by atoms with van der Waals surface area (Å²) in [7, 11) is -2.76. The lowest BCUT2D eigenvalue weighted by Crippen LogP contribution is -2.43. The van der Waals surface area contributed by atoms with Gasteiger partial charge < -0.3 is 15.1 Å². The Morgan fingerprint density at radius 1 is 1.12 bits per heavy atom. The zero-order valence-corrected chi connectivity index (χ0v) is 24.7. The van der Waals surface area contributed by atoms with Crippen LogP contribution in [0.1, 0.15) is 72.8 Å². The maximum absolute atomic E-state index is 14.4. The second kappa shape index (κ2) is 11.5. The fourth-order valence-corrected chi connectivity index (χ4v) is 6.94. The quantitative estimate of drug-likeness (QED) is 0.389. The van der Waals surface area contributed by atoms with Crippen molar-refractivity contribution in [1.29, 1.82) is 0 Å². The number of alkyl halides is 3. The molecule has 0 bridgehead atoms. The lowest BCUT2D eigenvalue weighted by atomic mass is 9.97. The van der Waals surface area contributed by atoms with E-state index in [0.29, 0.717) is 13.1 Å². The SMILES string of the molecule is C[C@H]1CCCCN1C(=O)c1nc(C(=O)N2CCS(O)(O)CC2)sc1-c1cnc(NCC(C)(C)C)cc1C(F)(F)F. The molecule has 9 nitrogen and oxygen atoms in total. The van der Waals surface area contributed by atoms with Gasteiger partial charge in [-0.15, -0.1) is 11.3 Å². The molecule has 0 aliphatic carbocycles. The van der Waals surface area contributed by atoms with Gasteiger partial charge >= 0.3 is 6.18 Å². The first-order valence-corrected chi connectivity index (χ1v) is 15.9. The van der Waals surface area contributed by atoms with E-state index >= 15 is 0 Å². The van der Waals surface area contributed by atoms with Crippen molar-refractivity contribution in [1.82, 2.24) is 19.8 Å². The summed E-state index contributed by atoms with van der Waals surface area (Å²) in [6.07, 6.45) is -1.20. The van der Waals surface area contributed by atoms with Crippen molar-refractivity contribution in [2.45, 2.75) is 59.2 Å². The number of carbonyl (C=O) groups excluding carboxylic acids is 2. The third kappa shape index (κ3) is 7.07. The number of halogens is 3. The Morgan fingerprint density at radius 2 is 1.80 bits per heavy atom. The molecule has 2 amide bonds. The number of amides is 2. The van der Waals surface area contributed by atoms with Gasteiger partial charge in [-0.05, 0) is 37.7 Å². The molecule has 2 fully saturated rings. The third-order valence-corrected chi connectivity index (χ3v) is 9.74. The summed E-state index contributed by atoms with van der Waals surface area (Å²) in [4.78, 5) is 38.5. The highest BCUT2D eigenvalue weighted by Gasteiger charge is 2.39. The molecule has 1 atom stereocenters. The molecule has 4 rings (SSSR count). The van der Waals surface area contributed by atoms with E-state index in [2.05, 4.69) is 15.3 Å². The van der Waals surface area contributed by atoms with Gasteiger partial charge in [0, 0.05) is 44.0 Å². The normalized spacial score (nSPS) is 20.8. The Morgan fingerprint density at radius 3 is 2.40 bits per heavy atom. The second-order valence-corrected chi connectivity index (χ2v) is 15.0. The first-order valence-electron chi connectivity index (χ1n) is 13.2. The molecule has 0 unspecified atom stereocenters. The fraction of sp³-hybridized carbons (Fsp3) is 0.615. The standard InChI is InChI=1S/C26H36F3N5O4S2/c1-16-7-5-6-8-34(16)23(35)20-21(39-22(32-20)24(36)33-9-11-40(37,38)12-10-33)17-14-30-19(31-15-25(2,3)4)13-18(17)26(27,28)29/h13-14,16,37-38H,5-12,15H2,1-4H3,(H,30,31)/t16-/m0/s1. The minimum absolute atomic E-state index is 0.0131.